The summed E-state index contributed by atoms with van der Waals surface area (Å²) in [5.41, 5.74) is 0.531. The predicted octanol–water partition coefficient (Wildman–Crippen LogP) is 3.68. The summed E-state index contributed by atoms with van der Waals surface area (Å²) in [4.78, 5) is 13.3. The van der Waals surface area contributed by atoms with Gasteiger partial charge in [-0.3, -0.25) is 10.1 Å². The minimum absolute atomic E-state index is 0.0109. The molecule has 114 valence electrons. The number of nitro groups is 1. The maximum absolute atomic E-state index is 11.2. The van der Waals surface area contributed by atoms with E-state index in [1.165, 1.54) is 19.3 Å². The molecule has 2 heterocycles. The summed E-state index contributed by atoms with van der Waals surface area (Å²) in [7, 11) is 2.20. The fourth-order valence-corrected chi connectivity index (χ4v) is 4.01. The number of piperidine rings is 2. The van der Waals surface area contributed by atoms with E-state index in [0.717, 1.165) is 12.8 Å². The zero-order valence-electron chi connectivity index (χ0n) is 12.1. The lowest BCUT2D eigenvalue weighted by atomic mass is 9.82. The first-order chi connectivity index (χ1) is 10.1. The molecule has 2 saturated heterocycles. The number of hydrogen-bond acceptors (Lipinski definition) is 4. The van der Waals surface area contributed by atoms with Gasteiger partial charge in [0.25, 0.3) is 0 Å². The van der Waals surface area contributed by atoms with Crippen LogP contribution in [0.25, 0.3) is 0 Å². The molecule has 3 rings (SSSR count). The highest BCUT2D eigenvalue weighted by Crippen LogP contribution is 2.37. The highest BCUT2D eigenvalue weighted by atomic mass is 35.5. The Kier molecular flexibility index (Phi) is 4.04. The van der Waals surface area contributed by atoms with Crippen LogP contribution >= 0.6 is 11.6 Å². The number of hydrogen-bond donors (Lipinski definition) is 1. The molecule has 21 heavy (non-hydrogen) atoms. The van der Waals surface area contributed by atoms with E-state index >= 15 is 0 Å². The van der Waals surface area contributed by atoms with Crippen molar-refractivity contribution in [1.82, 2.24) is 4.90 Å². The lowest BCUT2D eigenvalue weighted by molar-refractivity contribution is -0.383. The van der Waals surface area contributed by atoms with Crippen LogP contribution in [-0.2, 0) is 0 Å². The Morgan fingerprint density at radius 1 is 1.33 bits per heavy atom. The van der Waals surface area contributed by atoms with Gasteiger partial charge in [-0.2, -0.15) is 0 Å². The van der Waals surface area contributed by atoms with Gasteiger partial charge in [0, 0.05) is 18.1 Å². The van der Waals surface area contributed by atoms with E-state index in [4.69, 9.17) is 11.6 Å². The Bertz CT molecular complexity index is 538. The van der Waals surface area contributed by atoms with Gasteiger partial charge in [0.1, 0.15) is 10.7 Å². The topological polar surface area (TPSA) is 58.4 Å². The van der Waals surface area contributed by atoms with Crippen LogP contribution in [0.2, 0.25) is 5.02 Å². The molecule has 2 aliphatic rings. The second kappa shape index (κ2) is 5.81. The molecule has 5 nitrogen and oxygen atoms in total. The third-order valence-corrected chi connectivity index (χ3v) is 5.17. The third kappa shape index (κ3) is 2.85. The minimum atomic E-state index is -0.402. The van der Waals surface area contributed by atoms with Crippen molar-refractivity contribution >= 4 is 23.0 Å². The first kappa shape index (κ1) is 14.6. The van der Waals surface area contributed by atoms with Gasteiger partial charge in [-0.25, -0.2) is 0 Å². The van der Waals surface area contributed by atoms with Crippen molar-refractivity contribution in [3.63, 3.8) is 0 Å². The molecular formula is C15H20ClN3O2. The molecule has 1 aromatic rings. The number of para-hydroxylation sites is 1. The molecule has 0 saturated carbocycles. The normalized spacial score (nSPS) is 29.1. The second-order valence-corrected chi connectivity index (χ2v) is 6.52. The Labute approximate surface area is 129 Å². The molecule has 0 amide bonds. The van der Waals surface area contributed by atoms with Crippen molar-refractivity contribution in [2.45, 2.75) is 50.2 Å². The monoisotopic (exact) mass is 309 g/mol. The number of benzene rings is 1. The van der Waals surface area contributed by atoms with Gasteiger partial charge < -0.3 is 10.2 Å². The van der Waals surface area contributed by atoms with Crippen molar-refractivity contribution in [3.8, 4) is 0 Å². The average Bonchev–Trinajstić information content (AvgIpc) is 2.39. The van der Waals surface area contributed by atoms with E-state index in [-0.39, 0.29) is 16.8 Å². The molecule has 0 aliphatic carbocycles. The van der Waals surface area contributed by atoms with Crippen LogP contribution < -0.4 is 5.32 Å². The van der Waals surface area contributed by atoms with Crippen LogP contribution in [0.1, 0.15) is 32.1 Å². The van der Waals surface area contributed by atoms with E-state index in [1.807, 2.05) is 0 Å². The van der Waals surface area contributed by atoms with E-state index in [9.17, 15) is 10.1 Å². The fraction of sp³-hybridized carbons (Fsp3) is 0.600. The molecule has 2 bridgehead atoms. The lowest BCUT2D eigenvalue weighted by Crippen LogP contribution is -2.52. The van der Waals surface area contributed by atoms with Crippen LogP contribution in [0.4, 0.5) is 11.4 Å². The zero-order chi connectivity index (χ0) is 15.0. The number of nitrogens with one attached hydrogen (secondary N) is 1. The highest BCUT2D eigenvalue weighted by Gasteiger charge is 2.36. The van der Waals surface area contributed by atoms with Gasteiger partial charge in [-0.05, 0) is 44.9 Å². The first-order valence-corrected chi connectivity index (χ1v) is 7.85. The molecule has 1 N–H and O–H groups in total. The quantitative estimate of drug-likeness (QED) is 0.683. The number of anilines is 1. The van der Waals surface area contributed by atoms with Crippen LogP contribution in [0.3, 0.4) is 0 Å². The van der Waals surface area contributed by atoms with Crippen LogP contribution in [-0.4, -0.2) is 35.0 Å². The Morgan fingerprint density at radius 2 is 2.00 bits per heavy atom. The van der Waals surface area contributed by atoms with Gasteiger partial charge in [0.15, 0.2) is 0 Å². The van der Waals surface area contributed by atoms with Gasteiger partial charge in [-0.15, -0.1) is 0 Å². The van der Waals surface area contributed by atoms with E-state index in [2.05, 4.69) is 17.3 Å². The number of halogens is 1. The summed E-state index contributed by atoms with van der Waals surface area (Å²) < 4.78 is 0. The Morgan fingerprint density at radius 3 is 2.62 bits per heavy atom. The van der Waals surface area contributed by atoms with Gasteiger partial charge in [-0.1, -0.05) is 24.1 Å². The standard InChI is InChI=1S/C15H20ClN3O2/c1-18-11-4-2-5-12(18)9-10(8-11)17-14-7-3-6-13(16)15(14)19(20)21/h3,6-7,10-12,17H,2,4-5,8-9H2,1H3. The van der Waals surface area contributed by atoms with Crippen molar-refractivity contribution in [1.29, 1.82) is 0 Å². The lowest BCUT2D eigenvalue weighted by Gasteiger charge is -2.47. The summed E-state index contributed by atoms with van der Waals surface area (Å²) in [5.74, 6) is 0. The molecule has 0 spiro atoms. The van der Waals surface area contributed by atoms with Crippen LogP contribution in [0.5, 0.6) is 0 Å². The molecule has 0 aromatic heterocycles. The van der Waals surface area contributed by atoms with E-state index in [0.29, 0.717) is 17.8 Å². The van der Waals surface area contributed by atoms with Gasteiger partial charge in [0.2, 0.25) is 0 Å². The maximum Gasteiger partial charge on any atom is 0.310 e. The molecule has 6 heteroatoms. The van der Waals surface area contributed by atoms with E-state index < -0.39 is 4.92 Å². The number of nitro benzene ring substituents is 1. The Balaban J connectivity index is 1.79. The SMILES string of the molecule is CN1C2CCCC1CC(Nc1cccc(Cl)c1[N+](=O)[O-])C2. The molecule has 2 unspecified atom stereocenters. The summed E-state index contributed by atoms with van der Waals surface area (Å²) in [6.07, 6.45) is 5.82. The van der Waals surface area contributed by atoms with Crippen molar-refractivity contribution in [2.75, 3.05) is 12.4 Å². The molecule has 2 atom stereocenters. The first-order valence-electron chi connectivity index (χ1n) is 7.47. The third-order valence-electron chi connectivity index (χ3n) is 4.87. The van der Waals surface area contributed by atoms with Gasteiger partial charge >= 0.3 is 5.69 Å². The summed E-state index contributed by atoms with van der Waals surface area (Å²) in [6.45, 7) is 0. The second-order valence-electron chi connectivity index (χ2n) is 6.11. The molecule has 1 aromatic carbocycles. The summed E-state index contributed by atoms with van der Waals surface area (Å²) in [5, 5.41) is 14.8. The van der Waals surface area contributed by atoms with E-state index in [1.54, 1.807) is 18.2 Å². The highest BCUT2D eigenvalue weighted by molar-refractivity contribution is 6.33. The van der Waals surface area contributed by atoms with Crippen LogP contribution in [0.15, 0.2) is 18.2 Å². The fourth-order valence-electron chi connectivity index (χ4n) is 3.77. The predicted molar refractivity (Wildman–Crippen MR) is 83.9 cm³/mol. The maximum atomic E-state index is 11.2. The summed E-state index contributed by atoms with van der Waals surface area (Å²) >= 11 is 5.97. The minimum Gasteiger partial charge on any atom is -0.377 e. The molecule has 2 fully saturated rings. The van der Waals surface area contributed by atoms with Crippen molar-refractivity contribution in [3.05, 3.63) is 33.3 Å². The molecule has 0 radical (unpaired) electrons. The smallest absolute Gasteiger partial charge is 0.310 e. The number of rotatable bonds is 3. The van der Waals surface area contributed by atoms with Crippen LogP contribution in [0, 0.1) is 10.1 Å². The Hall–Kier alpha value is -1.33. The molecular weight excluding hydrogens is 290 g/mol. The zero-order valence-corrected chi connectivity index (χ0v) is 12.8. The van der Waals surface area contributed by atoms with Crippen molar-refractivity contribution in [2.24, 2.45) is 0 Å². The summed E-state index contributed by atoms with van der Waals surface area (Å²) in [6, 6.07) is 6.54. The number of nitrogens with zero attached hydrogens (tertiary/aromatic N) is 2. The number of fused-ring (bicyclic) bond motifs is 2. The van der Waals surface area contributed by atoms with Gasteiger partial charge in [0.05, 0.1) is 4.92 Å². The van der Waals surface area contributed by atoms with Crippen molar-refractivity contribution < 1.29 is 4.92 Å². The largest absolute Gasteiger partial charge is 0.377 e. The molecule has 2 aliphatic heterocycles. The average molecular weight is 310 g/mol.